The van der Waals surface area contributed by atoms with E-state index >= 15 is 0 Å². The van der Waals surface area contributed by atoms with Crippen LogP contribution in [0.5, 0.6) is 0 Å². The highest BCUT2D eigenvalue weighted by Crippen LogP contribution is 2.44. The molecule has 1 aromatic heterocycles. The van der Waals surface area contributed by atoms with Crippen molar-refractivity contribution in [1.82, 2.24) is 20.5 Å². The summed E-state index contributed by atoms with van der Waals surface area (Å²) in [5, 5.41) is 27.7. The van der Waals surface area contributed by atoms with Gasteiger partial charge in [0.05, 0.1) is 0 Å². The number of nitrogens with one attached hydrogen (secondary N) is 2. The summed E-state index contributed by atoms with van der Waals surface area (Å²) in [6, 6.07) is 16.1. The number of amides is 3. The fourth-order valence-corrected chi connectivity index (χ4v) is 7.45. The normalized spacial score (nSPS) is 19.7. The zero-order chi connectivity index (χ0) is 35.8. The highest BCUT2D eigenvalue weighted by Gasteiger charge is 2.49. The minimum Gasteiger partial charge on any atom is -0.480 e. The van der Waals surface area contributed by atoms with Crippen LogP contribution < -0.4 is 15.5 Å². The summed E-state index contributed by atoms with van der Waals surface area (Å²) in [6.07, 6.45) is 6.72. The van der Waals surface area contributed by atoms with Gasteiger partial charge in [-0.15, -0.1) is 0 Å². The van der Waals surface area contributed by atoms with E-state index in [9.17, 15) is 29.4 Å². The first-order chi connectivity index (χ1) is 24.0. The second-order valence-corrected chi connectivity index (χ2v) is 13.8. The largest absolute Gasteiger partial charge is 0.480 e. The maximum atomic E-state index is 14.4. The molecule has 1 saturated carbocycles. The van der Waals surface area contributed by atoms with Crippen LogP contribution in [0.2, 0.25) is 5.02 Å². The fraction of sp³-hybridized carbons (Fsp3) is 0.447. The molecule has 4 atom stereocenters. The number of aliphatic hydroxyl groups excluding tert-OH is 1. The molecule has 50 heavy (non-hydrogen) atoms. The Labute approximate surface area is 298 Å². The van der Waals surface area contributed by atoms with E-state index < -0.39 is 35.9 Å². The first kappa shape index (κ1) is 36.9. The molecule has 12 heteroatoms. The van der Waals surface area contributed by atoms with Crippen molar-refractivity contribution in [2.24, 2.45) is 5.41 Å². The molecule has 3 aromatic rings. The molecule has 266 valence electrons. The molecule has 3 amide bonds. The number of carbonyl (C=O) groups is 4. The van der Waals surface area contributed by atoms with E-state index in [1.165, 1.54) is 6.92 Å². The molecule has 1 aliphatic carbocycles. The van der Waals surface area contributed by atoms with Crippen LogP contribution in [-0.4, -0.2) is 68.6 Å². The third-order valence-electron chi connectivity index (χ3n) is 9.93. The number of aromatic nitrogens is 1. The third-order valence-corrected chi connectivity index (χ3v) is 10.2. The van der Waals surface area contributed by atoms with Gasteiger partial charge in [0.25, 0.3) is 5.91 Å². The first-order valence-corrected chi connectivity index (χ1v) is 17.7. The molecule has 0 radical (unpaired) electrons. The van der Waals surface area contributed by atoms with Crippen LogP contribution in [0.4, 0.5) is 5.69 Å². The highest BCUT2D eigenvalue weighted by atomic mass is 35.5. The lowest BCUT2D eigenvalue weighted by Gasteiger charge is -2.36. The lowest BCUT2D eigenvalue weighted by Crippen LogP contribution is -2.52. The second-order valence-electron chi connectivity index (χ2n) is 13.4. The standard InChI is InChI=1S/C38H46ClN5O6/c1-3-7-33(46)44-32(23-27-8-6-20-40-24-27)35(47)43(34(44)28-11-13-29(39)14-12-28)30-15-9-26(10-16-30)22-31(36(48)49)42-37(50)38(17-4-5-18-38)19-21-41-25(2)45/h6,8-16,20,24,31-32,34,37,42,50H,3-5,7,17-19,21-23H2,1-2H3,(H,41,45)(H,48,49)/t31?,32-,34?,37+/m1/s1. The number of halogens is 1. The van der Waals surface area contributed by atoms with E-state index in [0.717, 1.165) is 36.8 Å². The predicted molar refractivity (Wildman–Crippen MR) is 190 cm³/mol. The molecule has 4 N–H and O–H groups in total. The van der Waals surface area contributed by atoms with E-state index in [0.29, 0.717) is 42.1 Å². The quantitative estimate of drug-likeness (QED) is 0.161. The highest BCUT2D eigenvalue weighted by molar-refractivity contribution is 6.30. The number of aliphatic carboxylic acids is 1. The van der Waals surface area contributed by atoms with Crippen molar-refractivity contribution in [3.05, 3.63) is 94.8 Å². The zero-order valence-corrected chi connectivity index (χ0v) is 29.3. The van der Waals surface area contributed by atoms with Gasteiger partial charge in [0, 0.05) is 54.8 Å². The average molecular weight is 704 g/mol. The Balaban J connectivity index is 1.41. The number of benzene rings is 2. The Bertz CT molecular complexity index is 1630. The molecule has 2 unspecified atom stereocenters. The SMILES string of the molecule is CCCC(=O)N1C(c2ccc(Cl)cc2)N(c2ccc(CC(N[C@@H](O)C3(CCNC(C)=O)CCCC3)C(=O)O)cc2)C(=O)[C@H]1Cc1cccnc1. The fourth-order valence-electron chi connectivity index (χ4n) is 7.33. The van der Waals surface area contributed by atoms with Crippen molar-refractivity contribution in [3.63, 3.8) is 0 Å². The molecule has 0 bridgehead atoms. The number of carboxylic acid groups (broad SMARTS) is 1. The van der Waals surface area contributed by atoms with Crippen LogP contribution in [0.25, 0.3) is 0 Å². The van der Waals surface area contributed by atoms with Crippen LogP contribution >= 0.6 is 11.6 Å². The maximum absolute atomic E-state index is 14.4. The molecular weight excluding hydrogens is 658 g/mol. The number of hydrogen-bond donors (Lipinski definition) is 4. The van der Waals surface area contributed by atoms with Gasteiger partial charge < -0.3 is 20.4 Å². The maximum Gasteiger partial charge on any atom is 0.321 e. The topological polar surface area (TPSA) is 152 Å². The molecule has 2 aromatic carbocycles. The smallest absolute Gasteiger partial charge is 0.321 e. The first-order valence-electron chi connectivity index (χ1n) is 17.3. The van der Waals surface area contributed by atoms with E-state index in [2.05, 4.69) is 15.6 Å². The van der Waals surface area contributed by atoms with Crippen molar-refractivity contribution >= 4 is 41.0 Å². The number of carboxylic acids is 1. The Hall–Kier alpha value is -4.32. The summed E-state index contributed by atoms with van der Waals surface area (Å²) in [5.41, 5.74) is 2.29. The van der Waals surface area contributed by atoms with Gasteiger partial charge in [-0.1, -0.05) is 61.7 Å². The number of hydrogen-bond acceptors (Lipinski definition) is 7. The summed E-state index contributed by atoms with van der Waals surface area (Å²) in [7, 11) is 0. The van der Waals surface area contributed by atoms with Crippen LogP contribution in [0.15, 0.2) is 73.1 Å². The van der Waals surface area contributed by atoms with Gasteiger partial charge in [0.2, 0.25) is 11.8 Å². The Morgan fingerprint density at radius 3 is 2.34 bits per heavy atom. The van der Waals surface area contributed by atoms with Gasteiger partial charge in [-0.2, -0.15) is 0 Å². The number of nitrogens with zero attached hydrogens (tertiary/aromatic N) is 3. The van der Waals surface area contributed by atoms with Gasteiger partial charge in [-0.25, -0.2) is 0 Å². The third kappa shape index (κ3) is 8.51. The molecular formula is C38H46ClN5O6. The van der Waals surface area contributed by atoms with Gasteiger partial charge in [-0.3, -0.25) is 34.4 Å². The number of aliphatic hydroxyl groups is 1. The van der Waals surface area contributed by atoms with Crippen LogP contribution in [0.3, 0.4) is 0 Å². The monoisotopic (exact) mass is 703 g/mol. The molecule has 1 saturated heterocycles. The van der Waals surface area contributed by atoms with E-state index in [1.54, 1.807) is 64.7 Å². The van der Waals surface area contributed by atoms with Gasteiger partial charge in [-0.05, 0) is 79.1 Å². The number of anilines is 1. The summed E-state index contributed by atoms with van der Waals surface area (Å²) < 4.78 is 0. The number of rotatable bonds is 15. The molecule has 11 nitrogen and oxygen atoms in total. The average Bonchev–Trinajstić information content (AvgIpc) is 3.69. The van der Waals surface area contributed by atoms with Crippen LogP contribution in [0, 0.1) is 5.41 Å². The lowest BCUT2D eigenvalue weighted by atomic mass is 9.80. The van der Waals surface area contributed by atoms with Crippen LogP contribution in [0.1, 0.15) is 81.6 Å². The van der Waals surface area contributed by atoms with Crippen molar-refractivity contribution < 1.29 is 29.4 Å². The minimum absolute atomic E-state index is 0.0910. The van der Waals surface area contributed by atoms with Gasteiger partial charge >= 0.3 is 5.97 Å². The molecule has 1 aliphatic heterocycles. The summed E-state index contributed by atoms with van der Waals surface area (Å²) in [5.74, 6) is -1.61. The molecule has 2 fully saturated rings. The predicted octanol–water partition coefficient (Wildman–Crippen LogP) is 5.01. The summed E-state index contributed by atoms with van der Waals surface area (Å²) in [4.78, 5) is 59.5. The lowest BCUT2D eigenvalue weighted by molar-refractivity contribution is -0.141. The second kappa shape index (κ2) is 16.6. The Morgan fingerprint density at radius 2 is 1.74 bits per heavy atom. The van der Waals surface area contributed by atoms with E-state index in [-0.39, 0.29) is 30.6 Å². The van der Waals surface area contributed by atoms with Crippen molar-refractivity contribution in [2.45, 2.75) is 96.1 Å². The molecule has 2 heterocycles. The van der Waals surface area contributed by atoms with Gasteiger partial charge in [0.1, 0.15) is 24.5 Å². The van der Waals surface area contributed by atoms with Crippen LogP contribution in [-0.2, 0) is 32.0 Å². The number of pyridine rings is 1. The van der Waals surface area contributed by atoms with E-state index in [4.69, 9.17) is 11.6 Å². The summed E-state index contributed by atoms with van der Waals surface area (Å²) in [6.45, 7) is 3.78. The molecule has 5 rings (SSSR count). The Morgan fingerprint density at radius 1 is 1.04 bits per heavy atom. The van der Waals surface area contributed by atoms with Crippen molar-refractivity contribution in [3.8, 4) is 0 Å². The van der Waals surface area contributed by atoms with E-state index in [1.807, 2.05) is 25.1 Å². The Kier molecular flexibility index (Phi) is 12.3. The summed E-state index contributed by atoms with van der Waals surface area (Å²) >= 11 is 6.23. The number of carbonyl (C=O) groups excluding carboxylic acids is 3. The molecule has 0 spiro atoms. The molecule has 2 aliphatic rings. The minimum atomic E-state index is -1.09. The van der Waals surface area contributed by atoms with Gasteiger partial charge in [0.15, 0.2) is 0 Å². The van der Waals surface area contributed by atoms with Crippen molar-refractivity contribution in [2.75, 3.05) is 11.4 Å². The zero-order valence-electron chi connectivity index (χ0n) is 28.6. The van der Waals surface area contributed by atoms with Crippen molar-refractivity contribution in [1.29, 1.82) is 0 Å².